The molecule has 0 N–H and O–H groups in total. The Bertz CT molecular complexity index is 1460. The molecule has 0 saturated carbocycles. The van der Waals surface area contributed by atoms with Crippen molar-refractivity contribution in [1.82, 2.24) is 0 Å². The molecule has 0 aromatic heterocycles. The summed E-state index contributed by atoms with van der Waals surface area (Å²) in [5, 5.41) is 38.8. The van der Waals surface area contributed by atoms with Crippen LogP contribution in [0.15, 0.2) is 24.3 Å². The van der Waals surface area contributed by atoms with Crippen LogP contribution in [-0.2, 0) is 9.59 Å². The number of anilines is 2. The Balaban J connectivity index is 1.94. The summed E-state index contributed by atoms with van der Waals surface area (Å²) >= 11 is 0. The highest BCUT2D eigenvalue weighted by atomic mass is 16.2. The van der Waals surface area contributed by atoms with Gasteiger partial charge in [0.15, 0.2) is 0 Å². The van der Waals surface area contributed by atoms with Gasteiger partial charge in [-0.15, -0.1) is 0 Å². The monoisotopic (exact) mass is 530 g/mol. The van der Waals surface area contributed by atoms with Crippen molar-refractivity contribution in [3.63, 3.8) is 0 Å². The number of hydrogen-bond acceptors (Lipinski definition) is 6. The topological polar surface area (TPSA) is 136 Å². The van der Waals surface area contributed by atoms with Gasteiger partial charge in [0.1, 0.15) is 24.3 Å². The minimum atomic E-state index is -0.365. The van der Waals surface area contributed by atoms with Gasteiger partial charge in [-0.3, -0.25) is 9.59 Å². The molecule has 2 aliphatic heterocycles. The van der Waals surface area contributed by atoms with Crippen LogP contribution in [0.1, 0.15) is 98.6 Å². The Morgan fingerprint density at radius 3 is 1.23 bits per heavy atom. The zero-order valence-electron chi connectivity index (χ0n) is 22.9. The van der Waals surface area contributed by atoms with E-state index in [9.17, 15) is 30.6 Å². The van der Waals surface area contributed by atoms with Crippen LogP contribution in [0.2, 0.25) is 0 Å². The first-order chi connectivity index (χ1) is 19.4. The molecule has 0 atom stereocenters. The highest BCUT2D eigenvalue weighted by Gasteiger charge is 2.42. The van der Waals surface area contributed by atoms with Crippen molar-refractivity contribution >= 4 is 34.3 Å². The van der Waals surface area contributed by atoms with Crippen molar-refractivity contribution in [1.29, 1.82) is 21.0 Å². The Morgan fingerprint density at radius 2 is 0.900 bits per heavy atom. The van der Waals surface area contributed by atoms with Crippen molar-refractivity contribution in [2.75, 3.05) is 22.9 Å². The summed E-state index contributed by atoms with van der Waals surface area (Å²) in [5.74, 6) is -0.731. The molecule has 0 spiro atoms. The molecule has 8 heteroatoms. The van der Waals surface area contributed by atoms with E-state index in [-0.39, 0.29) is 45.2 Å². The number of nitrogens with zero attached hydrogens (tertiary/aromatic N) is 6. The van der Waals surface area contributed by atoms with E-state index in [4.69, 9.17) is 0 Å². The van der Waals surface area contributed by atoms with Gasteiger partial charge in [-0.25, -0.2) is 0 Å². The smallest absolute Gasteiger partial charge is 0.259 e. The molecule has 2 aromatic rings. The van der Waals surface area contributed by atoms with Crippen LogP contribution in [0.3, 0.4) is 0 Å². The number of carbonyl (C=O) groups is 2. The maximum absolute atomic E-state index is 14.1. The second-order valence-electron chi connectivity index (χ2n) is 10.1. The van der Waals surface area contributed by atoms with Gasteiger partial charge < -0.3 is 9.80 Å². The second-order valence-corrected chi connectivity index (χ2v) is 10.1. The number of hydrogen-bond donors (Lipinski definition) is 0. The first-order valence-electron chi connectivity index (χ1n) is 13.8. The Kier molecular flexibility index (Phi) is 8.63. The van der Waals surface area contributed by atoms with Crippen molar-refractivity contribution in [3.05, 3.63) is 57.6 Å². The largest absolute Gasteiger partial charge is 0.308 e. The number of unbranched alkanes of at least 4 members (excludes halogenated alkanes) is 6. The number of amides is 2. The molecule has 0 unspecified atom stereocenters. The minimum Gasteiger partial charge on any atom is -0.308 e. The Labute approximate surface area is 234 Å². The zero-order chi connectivity index (χ0) is 28.8. The third-order valence-corrected chi connectivity index (χ3v) is 7.51. The normalized spacial score (nSPS) is 15.3. The van der Waals surface area contributed by atoms with Gasteiger partial charge in [-0.2, -0.15) is 21.0 Å². The lowest BCUT2D eigenvalue weighted by atomic mass is 9.92. The van der Waals surface area contributed by atoms with Crippen LogP contribution in [-0.4, -0.2) is 24.9 Å². The number of carbonyl (C=O) groups excluding carboxylic acids is 2. The fourth-order valence-corrected chi connectivity index (χ4v) is 5.43. The summed E-state index contributed by atoms with van der Waals surface area (Å²) in [4.78, 5) is 31.3. The summed E-state index contributed by atoms with van der Waals surface area (Å²) in [7, 11) is 0. The molecule has 2 amide bonds. The molecule has 0 bridgehead atoms. The van der Waals surface area contributed by atoms with E-state index >= 15 is 0 Å². The van der Waals surface area contributed by atoms with Crippen LogP contribution < -0.4 is 9.80 Å². The van der Waals surface area contributed by atoms with Crippen LogP contribution in [0.4, 0.5) is 11.4 Å². The number of benzene rings is 2. The van der Waals surface area contributed by atoms with Gasteiger partial charge >= 0.3 is 0 Å². The van der Waals surface area contributed by atoms with Crippen molar-refractivity contribution in [2.24, 2.45) is 0 Å². The maximum Gasteiger partial charge on any atom is 0.259 e. The van der Waals surface area contributed by atoms with Gasteiger partial charge in [0, 0.05) is 24.2 Å². The lowest BCUT2D eigenvalue weighted by Crippen LogP contribution is -2.30. The summed E-state index contributed by atoms with van der Waals surface area (Å²) in [6.45, 7) is 5.04. The van der Waals surface area contributed by atoms with E-state index in [2.05, 4.69) is 13.8 Å². The predicted molar refractivity (Wildman–Crippen MR) is 152 cm³/mol. The third-order valence-electron chi connectivity index (χ3n) is 7.51. The first kappa shape index (κ1) is 28.1. The van der Waals surface area contributed by atoms with Crippen LogP contribution in [0, 0.1) is 45.3 Å². The molecule has 2 aromatic carbocycles. The van der Waals surface area contributed by atoms with E-state index in [1.807, 2.05) is 24.3 Å². The summed E-state index contributed by atoms with van der Waals surface area (Å²) in [6, 6.07) is 14.3. The van der Waals surface area contributed by atoms with Gasteiger partial charge in [0.05, 0.1) is 44.8 Å². The average Bonchev–Trinajstić information content (AvgIpc) is 3.39. The van der Waals surface area contributed by atoms with E-state index in [1.165, 1.54) is 12.1 Å². The minimum absolute atomic E-state index is 0.125. The average molecular weight is 531 g/mol. The quantitative estimate of drug-likeness (QED) is 0.275. The number of fused-ring (bicyclic) bond motifs is 2. The third kappa shape index (κ3) is 4.93. The first-order valence-corrected chi connectivity index (χ1v) is 13.8. The van der Waals surface area contributed by atoms with Crippen molar-refractivity contribution in [3.8, 4) is 24.3 Å². The highest BCUT2D eigenvalue weighted by molar-refractivity contribution is 6.50. The molecule has 4 rings (SSSR count). The Morgan fingerprint density at radius 1 is 0.550 bits per heavy atom. The molecule has 40 heavy (non-hydrogen) atoms. The lowest BCUT2D eigenvalue weighted by Gasteiger charge is -2.18. The molecule has 0 fully saturated rings. The number of rotatable bonds is 10. The predicted octanol–water partition coefficient (Wildman–Crippen LogP) is 5.94. The lowest BCUT2D eigenvalue weighted by molar-refractivity contribution is -0.114. The highest BCUT2D eigenvalue weighted by Crippen LogP contribution is 2.48. The molecule has 0 saturated heterocycles. The second kappa shape index (κ2) is 12.3. The SMILES string of the molecule is CCCCCCN1C(=O)/C(=C2\C(=O)N(CCCCCC)c3cc(C#N)c(C#N)cc32)c2cc(C#N)c(C#N)cc21. The molecule has 2 heterocycles. The van der Waals surface area contributed by atoms with Crippen molar-refractivity contribution < 1.29 is 9.59 Å². The zero-order valence-corrected chi connectivity index (χ0v) is 22.9. The molecule has 200 valence electrons. The van der Waals surface area contributed by atoms with E-state index in [1.54, 1.807) is 21.9 Å². The van der Waals surface area contributed by atoms with Crippen LogP contribution in [0.5, 0.6) is 0 Å². The van der Waals surface area contributed by atoms with E-state index in [0.717, 1.165) is 51.4 Å². The molecule has 2 aliphatic rings. The molecule has 8 nitrogen and oxygen atoms in total. The molecule has 0 radical (unpaired) electrons. The fourth-order valence-electron chi connectivity index (χ4n) is 5.43. The summed E-state index contributed by atoms with van der Waals surface area (Å²) in [5.41, 5.74) is 2.79. The summed E-state index contributed by atoms with van der Waals surface area (Å²) in [6.07, 6.45) is 7.48. The summed E-state index contributed by atoms with van der Waals surface area (Å²) < 4.78 is 0. The fraction of sp³-hybridized carbons (Fsp3) is 0.375. The van der Waals surface area contributed by atoms with Gasteiger partial charge in [-0.05, 0) is 37.1 Å². The van der Waals surface area contributed by atoms with Crippen LogP contribution >= 0.6 is 0 Å². The Hall–Kier alpha value is -4.92. The molecular weight excluding hydrogens is 500 g/mol. The molecule has 0 aliphatic carbocycles. The van der Waals surface area contributed by atoms with Crippen molar-refractivity contribution in [2.45, 2.75) is 65.2 Å². The maximum atomic E-state index is 14.1. The van der Waals surface area contributed by atoms with E-state index < -0.39 is 0 Å². The van der Waals surface area contributed by atoms with Crippen LogP contribution in [0.25, 0.3) is 11.1 Å². The molecular formula is C32H30N6O2. The van der Waals surface area contributed by atoms with Gasteiger partial charge in [-0.1, -0.05) is 52.4 Å². The van der Waals surface area contributed by atoms with Gasteiger partial charge in [0.25, 0.3) is 11.8 Å². The standard InChI is InChI=1S/C32H30N6O2/c1-3-5-7-9-11-37-27-15-23(19-35)21(17-33)13-25(27)29(31(37)39)30-26-14-22(18-34)24(20-36)16-28(26)38(32(30)40)12-10-8-6-4-2/h13-16H,3-12H2,1-2H3/b30-29-. The van der Waals surface area contributed by atoms with E-state index in [0.29, 0.717) is 35.6 Å². The van der Waals surface area contributed by atoms with Gasteiger partial charge in [0.2, 0.25) is 0 Å². The number of nitriles is 4.